The van der Waals surface area contributed by atoms with Crippen LogP contribution in [-0.4, -0.2) is 20.1 Å². The highest BCUT2D eigenvalue weighted by atomic mass is 35.5. The minimum Gasteiger partial charge on any atom is -0.493 e. The van der Waals surface area contributed by atoms with Gasteiger partial charge >= 0.3 is 0 Å². The molecule has 0 unspecified atom stereocenters. The second-order valence-electron chi connectivity index (χ2n) is 6.22. The van der Waals surface area contributed by atoms with Gasteiger partial charge in [-0.2, -0.15) is 0 Å². The summed E-state index contributed by atoms with van der Waals surface area (Å²) in [6, 6.07) is 7.95. The van der Waals surface area contributed by atoms with Crippen molar-refractivity contribution in [3.63, 3.8) is 0 Å². The van der Waals surface area contributed by atoms with Crippen molar-refractivity contribution in [2.24, 2.45) is 0 Å². The van der Waals surface area contributed by atoms with E-state index in [1.807, 2.05) is 4.57 Å². The normalized spacial score (nSPS) is 13.4. The van der Waals surface area contributed by atoms with Crippen LogP contribution in [0.1, 0.15) is 29.1 Å². The minimum absolute atomic E-state index is 0.0974. The van der Waals surface area contributed by atoms with Crippen LogP contribution >= 0.6 is 35.4 Å². The van der Waals surface area contributed by atoms with Crippen LogP contribution in [0.15, 0.2) is 34.7 Å². The fraction of sp³-hybridized carbons (Fsp3) is 0.222. The van der Waals surface area contributed by atoms with Crippen molar-refractivity contribution in [2.75, 3.05) is 5.32 Å². The molecule has 27 heavy (non-hydrogen) atoms. The summed E-state index contributed by atoms with van der Waals surface area (Å²) in [6.07, 6.45) is 2.82. The van der Waals surface area contributed by atoms with E-state index in [2.05, 4.69) is 5.32 Å². The zero-order chi connectivity index (χ0) is 19.1. The van der Waals surface area contributed by atoms with E-state index in [1.54, 1.807) is 22.8 Å². The lowest BCUT2D eigenvalue weighted by Crippen LogP contribution is -2.11. The van der Waals surface area contributed by atoms with Crippen LogP contribution in [0, 0.1) is 4.77 Å². The maximum absolute atomic E-state index is 12.2. The number of carbonyl (C=O) groups excluding carboxylic acids is 1. The van der Waals surface area contributed by atoms with Crippen molar-refractivity contribution < 1.29 is 14.3 Å². The Hall–Kier alpha value is -2.22. The van der Waals surface area contributed by atoms with Crippen molar-refractivity contribution in [1.82, 2.24) is 9.13 Å². The van der Waals surface area contributed by atoms with Gasteiger partial charge in [0, 0.05) is 12.2 Å². The summed E-state index contributed by atoms with van der Waals surface area (Å²) in [5.41, 5.74) is 1.87. The molecular weight excluding hydrogens is 409 g/mol. The van der Waals surface area contributed by atoms with E-state index in [4.69, 9.17) is 39.8 Å². The molecule has 2 aromatic heterocycles. The van der Waals surface area contributed by atoms with Crippen LogP contribution in [0.2, 0.25) is 10.2 Å². The van der Waals surface area contributed by atoms with Gasteiger partial charge in [0.25, 0.3) is 5.91 Å². The van der Waals surface area contributed by atoms with Crippen molar-refractivity contribution in [2.45, 2.75) is 25.8 Å². The molecule has 0 aliphatic carbocycles. The molecule has 140 valence electrons. The highest BCUT2D eigenvalue weighted by Crippen LogP contribution is 2.33. The van der Waals surface area contributed by atoms with Gasteiger partial charge in [-0.3, -0.25) is 9.36 Å². The number of imidazole rings is 1. The SMILES string of the molecule is O=C(Nc1ccc(-n2c(O)c3n(c2=S)CCCC3)c(Cl)c1)c1ccc(Cl)o1. The number of nitrogens with zero attached hydrogens (tertiary/aromatic N) is 2. The van der Waals surface area contributed by atoms with Crippen LogP contribution < -0.4 is 5.32 Å². The van der Waals surface area contributed by atoms with Gasteiger partial charge in [0.2, 0.25) is 5.88 Å². The molecule has 6 nitrogen and oxygen atoms in total. The number of halogens is 2. The molecule has 4 rings (SSSR count). The van der Waals surface area contributed by atoms with E-state index < -0.39 is 5.91 Å². The van der Waals surface area contributed by atoms with Crippen molar-refractivity contribution >= 4 is 47.0 Å². The molecule has 3 heterocycles. The molecule has 0 bridgehead atoms. The van der Waals surface area contributed by atoms with Gasteiger partial charge in [-0.25, -0.2) is 0 Å². The summed E-state index contributed by atoms with van der Waals surface area (Å²) >= 11 is 17.6. The van der Waals surface area contributed by atoms with Crippen LogP contribution in [0.25, 0.3) is 5.69 Å². The Labute approximate surface area is 169 Å². The van der Waals surface area contributed by atoms with E-state index >= 15 is 0 Å². The van der Waals surface area contributed by atoms with Gasteiger partial charge in [0.15, 0.2) is 15.8 Å². The number of hydrogen-bond donors (Lipinski definition) is 2. The summed E-state index contributed by atoms with van der Waals surface area (Å²) in [7, 11) is 0. The maximum Gasteiger partial charge on any atom is 0.291 e. The predicted octanol–water partition coefficient (Wildman–Crippen LogP) is 5.20. The maximum atomic E-state index is 12.2. The zero-order valence-corrected chi connectivity index (χ0v) is 16.4. The van der Waals surface area contributed by atoms with Crippen LogP contribution in [0.3, 0.4) is 0 Å². The van der Waals surface area contributed by atoms with E-state index in [0.29, 0.717) is 21.2 Å². The summed E-state index contributed by atoms with van der Waals surface area (Å²) in [5, 5.41) is 13.8. The Bertz CT molecular complexity index is 1100. The van der Waals surface area contributed by atoms with E-state index in [1.165, 1.54) is 12.1 Å². The Morgan fingerprint density at radius 2 is 2.04 bits per heavy atom. The number of benzene rings is 1. The Morgan fingerprint density at radius 1 is 1.22 bits per heavy atom. The smallest absolute Gasteiger partial charge is 0.291 e. The molecule has 0 fully saturated rings. The van der Waals surface area contributed by atoms with Crippen LogP contribution in [0.4, 0.5) is 5.69 Å². The standard InChI is InChI=1S/C18H15Cl2N3O3S/c19-11-9-10(21-16(24)14-6-7-15(20)26-14)4-5-12(11)23-17(25)13-3-1-2-8-22(13)18(23)27/h4-7,9,25H,1-3,8H2,(H,21,24). The number of aromatic hydroxyl groups is 1. The first kappa shape index (κ1) is 18.2. The second kappa shape index (κ2) is 7.07. The fourth-order valence-electron chi connectivity index (χ4n) is 3.23. The number of rotatable bonds is 3. The quantitative estimate of drug-likeness (QED) is 0.567. The number of furan rings is 1. The summed E-state index contributed by atoms with van der Waals surface area (Å²) in [4.78, 5) is 12.2. The molecular formula is C18H15Cl2N3O3S. The first-order valence-electron chi connectivity index (χ1n) is 8.35. The van der Waals surface area contributed by atoms with Gasteiger partial charge < -0.3 is 19.4 Å². The Morgan fingerprint density at radius 3 is 2.70 bits per heavy atom. The largest absolute Gasteiger partial charge is 0.493 e. The monoisotopic (exact) mass is 423 g/mol. The van der Waals surface area contributed by atoms with E-state index in [-0.39, 0.29) is 16.9 Å². The molecule has 2 N–H and O–H groups in total. The van der Waals surface area contributed by atoms with Crippen molar-refractivity contribution in [3.8, 4) is 11.6 Å². The number of carbonyl (C=O) groups is 1. The molecule has 0 atom stereocenters. The topological polar surface area (TPSA) is 72.3 Å². The third kappa shape index (κ3) is 3.26. The van der Waals surface area contributed by atoms with Crippen molar-refractivity contribution in [3.05, 3.63) is 56.8 Å². The van der Waals surface area contributed by atoms with Gasteiger partial charge in [0.1, 0.15) is 0 Å². The third-order valence-electron chi connectivity index (χ3n) is 4.51. The van der Waals surface area contributed by atoms with Gasteiger partial charge in [0.05, 0.1) is 16.4 Å². The molecule has 1 amide bonds. The summed E-state index contributed by atoms with van der Waals surface area (Å²) in [6.45, 7) is 0.784. The zero-order valence-electron chi connectivity index (χ0n) is 14.0. The lowest BCUT2D eigenvalue weighted by Gasteiger charge is -2.12. The summed E-state index contributed by atoms with van der Waals surface area (Å²) < 4.78 is 9.10. The summed E-state index contributed by atoms with van der Waals surface area (Å²) in [5.74, 6) is -0.228. The average Bonchev–Trinajstić information content (AvgIpc) is 3.19. The molecule has 9 heteroatoms. The predicted molar refractivity (Wildman–Crippen MR) is 106 cm³/mol. The highest BCUT2D eigenvalue weighted by Gasteiger charge is 2.22. The van der Waals surface area contributed by atoms with Gasteiger partial charge in [-0.15, -0.1) is 0 Å². The molecule has 1 aliphatic rings. The van der Waals surface area contributed by atoms with Crippen molar-refractivity contribution in [1.29, 1.82) is 0 Å². The minimum atomic E-state index is -0.440. The Kier molecular flexibility index (Phi) is 4.75. The average molecular weight is 424 g/mol. The van der Waals surface area contributed by atoms with Crippen LogP contribution in [-0.2, 0) is 13.0 Å². The first-order valence-corrected chi connectivity index (χ1v) is 9.52. The number of fused-ring (bicyclic) bond motifs is 1. The number of nitrogens with one attached hydrogen (secondary N) is 1. The third-order valence-corrected chi connectivity index (χ3v) is 5.42. The molecule has 3 aromatic rings. The molecule has 1 aromatic carbocycles. The second-order valence-corrected chi connectivity index (χ2v) is 7.37. The fourth-order valence-corrected chi connectivity index (χ4v) is 4.03. The number of aromatic nitrogens is 2. The number of anilines is 1. The molecule has 1 aliphatic heterocycles. The van der Waals surface area contributed by atoms with E-state index in [9.17, 15) is 9.90 Å². The lowest BCUT2D eigenvalue weighted by atomic mass is 10.1. The van der Waals surface area contributed by atoms with Crippen LogP contribution in [0.5, 0.6) is 5.88 Å². The molecule has 0 saturated heterocycles. The van der Waals surface area contributed by atoms with E-state index in [0.717, 1.165) is 31.5 Å². The number of hydrogen-bond acceptors (Lipinski definition) is 4. The molecule has 0 radical (unpaired) electrons. The molecule has 0 saturated carbocycles. The first-order chi connectivity index (χ1) is 13.0. The molecule has 0 spiro atoms. The van der Waals surface area contributed by atoms with Gasteiger partial charge in [-0.1, -0.05) is 11.6 Å². The highest BCUT2D eigenvalue weighted by molar-refractivity contribution is 7.71. The van der Waals surface area contributed by atoms with Gasteiger partial charge in [-0.05, 0) is 73.4 Å². The lowest BCUT2D eigenvalue weighted by molar-refractivity contribution is 0.0997. The Balaban J connectivity index is 1.66. The number of amides is 1.